The van der Waals surface area contributed by atoms with Crippen molar-refractivity contribution in [2.24, 2.45) is 0 Å². The van der Waals surface area contributed by atoms with E-state index in [4.69, 9.17) is 0 Å². The highest BCUT2D eigenvalue weighted by molar-refractivity contribution is 5.87. The van der Waals surface area contributed by atoms with E-state index in [1.807, 2.05) is 24.3 Å². The van der Waals surface area contributed by atoms with Crippen LogP contribution in [0.5, 0.6) is 5.75 Å². The largest absolute Gasteiger partial charge is 0.508 e. The van der Waals surface area contributed by atoms with E-state index in [1.165, 1.54) is 16.7 Å². The fourth-order valence-electron chi connectivity index (χ4n) is 2.34. The minimum Gasteiger partial charge on any atom is -0.508 e. The molecule has 0 spiro atoms. The van der Waals surface area contributed by atoms with Gasteiger partial charge in [0, 0.05) is 0 Å². The van der Waals surface area contributed by atoms with Crippen molar-refractivity contribution in [1.82, 2.24) is 0 Å². The molecule has 0 unspecified atom stereocenters. The molecule has 0 aliphatic heterocycles. The van der Waals surface area contributed by atoms with Gasteiger partial charge in [-0.25, -0.2) is 0 Å². The van der Waals surface area contributed by atoms with Crippen molar-refractivity contribution in [3.8, 4) is 16.9 Å². The molecule has 0 aromatic heterocycles. The molecule has 1 aliphatic carbocycles. The molecular formula is C15H12O. The predicted molar refractivity (Wildman–Crippen MR) is 66.3 cm³/mol. The topological polar surface area (TPSA) is 20.2 Å². The van der Waals surface area contributed by atoms with Gasteiger partial charge in [0.25, 0.3) is 0 Å². The molecule has 1 aliphatic rings. The molecule has 78 valence electrons. The van der Waals surface area contributed by atoms with Gasteiger partial charge in [-0.1, -0.05) is 36.9 Å². The molecule has 1 heteroatoms. The number of allylic oxidation sites excluding steroid dienone is 1. The normalized spacial score (nSPS) is 13.1. The molecular weight excluding hydrogens is 196 g/mol. The number of phenolic OH excluding ortho intramolecular Hbond substituents is 1. The summed E-state index contributed by atoms with van der Waals surface area (Å²) in [6.45, 7) is 4.10. The molecule has 1 N–H and O–H groups in total. The van der Waals surface area contributed by atoms with E-state index in [1.54, 1.807) is 6.07 Å². The van der Waals surface area contributed by atoms with Gasteiger partial charge in [-0.15, -0.1) is 0 Å². The minimum atomic E-state index is 0.325. The molecule has 0 saturated heterocycles. The van der Waals surface area contributed by atoms with E-state index in [2.05, 4.69) is 18.7 Å². The first-order valence-electron chi connectivity index (χ1n) is 5.35. The Balaban J connectivity index is 2.32. The average Bonchev–Trinajstić information content (AvgIpc) is 2.29. The number of hydrogen-bond acceptors (Lipinski definition) is 1. The molecule has 0 saturated carbocycles. The highest BCUT2D eigenvalue weighted by Crippen LogP contribution is 2.39. The Labute approximate surface area is 94.7 Å². The van der Waals surface area contributed by atoms with Crippen molar-refractivity contribution in [3.05, 3.63) is 60.2 Å². The molecule has 0 heterocycles. The van der Waals surface area contributed by atoms with Crippen LogP contribution in [-0.4, -0.2) is 5.11 Å². The molecule has 0 fully saturated rings. The van der Waals surface area contributed by atoms with E-state index in [0.29, 0.717) is 5.75 Å². The van der Waals surface area contributed by atoms with Crippen LogP contribution in [0.15, 0.2) is 49.0 Å². The Morgan fingerprint density at radius 1 is 0.938 bits per heavy atom. The molecule has 2 aromatic carbocycles. The minimum absolute atomic E-state index is 0.325. The van der Waals surface area contributed by atoms with Gasteiger partial charge in [-0.05, 0) is 46.4 Å². The molecule has 1 nitrogen and oxygen atoms in total. The van der Waals surface area contributed by atoms with Crippen LogP contribution in [-0.2, 0) is 6.42 Å². The molecule has 0 atom stereocenters. The molecule has 0 bridgehead atoms. The van der Waals surface area contributed by atoms with Crippen molar-refractivity contribution >= 4 is 5.57 Å². The molecule has 0 amide bonds. The van der Waals surface area contributed by atoms with E-state index in [9.17, 15) is 5.11 Å². The van der Waals surface area contributed by atoms with Crippen LogP contribution in [0, 0.1) is 0 Å². The highest BCUT2D eigenvalue weighted by atomic mass is 16.3. The van der Waals surface area contributed by atoms with E-state index in [0.717, 1.165) is 17.6 Å². The highest BCUT2D eigenvalue weighted by Gasteiger charge is 2.17. The average molecular weight is 208 g/mol. The summed E-state index contributed by atoms with van der Waals surface area (Å²) in [6, 6.07) is 13.8. The SMILES string of the molecule is C=C1Cc2cc(O)ccc2-c2ccccc21. The number of aromatic hydroxyl groups is 1. The number of rotatable bonds is 0. The zero-order valence-electron chi connectivity index (χ0n) is 8.90. The van der Waals surface area contributed by atoms with Gasteiger partial charge < -0.3 is 5.11 Å². The van der Waals surface area contributed by atoms with E-state index >= 15 is 0 Å². The lowest BCUT2D eigenvalue weighted by Gasteiger charge is -2.21. The quantitative estimate of drug-likeness (QED) is 0.701. The summed E-state index contributed by atoms with van der Waals surface area (Å²) < 4.78 is 0. The summed E-state index contributed by atoms with van der Waals surface area (Å²) in [5.74, 6) is 0.325. The van der Waals surface area contributed by atoms with Gasteiger partial charge in [0.1, 0.15) is 5.75 Å². The first-order chi connectivity index (χ1) is 7.75. The maximum absolute atomic E-state index is 9.49. The molecule has 2 aromatic rings. The Bertz CT molecular complexity index is 582. The number of phenols is 1. The first kappa shape index (κ1) is 9.22. The molecule has 3 rings (SSSR count). The van der Waals surface area contributed by atoms with Crippen LogP contribution in [0.4, 0.5) is 0 Å². The predicted octanol–water partition coefficient (Wildman–Crippen LogP) is 3.63. The van der Waals surface area contributed by atoms with Crippen molar-refractivity contribution in [2.75, 3.05) is 0 Å². The van der Waals surface area contributed by atoms with Crippen LogP contribution in [0.3, 0.4) is 0 Å². The summed E-state index contributed by atoms with van der Waals surface area (Å²) in [5, 5.41) is 9.49. The third-order valence-electron chi connectivity index (χ3n) is 3.09. The van der Waals surface area contributed by atoms with E-state index in [-0.39, 0.29) is 0 Å². The van der Waals surface area contributed by atoms with E-state index < -0.39 is 0 Å². The molecule has 16 heavy (non-hydrogen) atoms. The van der Waals surface area contributed by atoms with Gasteiger partial charge in [0.15, 0.2) is 0 Å². The summed E-state index contributed by atoms with van der Waals surface area (Å²) in [5.41, 5.74) is 5.92. The zero-order valence-corrected chi connectivity index (χ0v) is 8.90. The second-order valence-corrected chi connectivity index (χ2v) is 4.17. The summed E-state index contributed by atoms with van der Waals surface area (Å²) in [6.07, 6.45) is 0.820. The molecule has 0 radical (unpaired) electrons. The Hall–Kier alpha value is -2.02. The van der Waals surface area contributed by atoms with Crippen molar-refractivity contribution < 1.29 is 5.11 Å². The number of benzene rings is 2. The summed E-state index contributed by atoms with van der Waals surface area (Å²) >= 11 is 0. The van der Waals surface area contributed by atoms with Gasteiger partial charge in [-0.2, -0.15) is 0 Å². The second-order valence-electron chi connectivity index (χ2n) is 4.17. The van der Waals surface area contributed by atoms with Crippen LogP contribution < -0.4 is 0 Å². The first-order valence-corrected chi connectivity index (χ1v) is 5.35. The fraction of sp³-hybridized carbons (Fsp3) is 0.0667. The Morgan fingerprint density at radius 2 is 1.69 bits per heavy atom. The van der Waals surface area contributed by atoms with Crippen molar-refractivity contribution in [1.29, 1.82) is 0 Å². The van der Waals surface area contributed by atoms with Crippen LogP contribution in [0.2, 0.25) is 0 Å². The Kier molecular flexibility index (Phi) is 1.87. The summed E-state index contributed by atoms with van der Waals surface area (Å²) in [4.78, 5) is 0. The van der Waals surface area contributed by atoms with Gasteiger partial charge >= 0.3 is 0 Å². The van der Waals surface area contributed by atoms with Gasteiger partial charge in [-0.3, -0.25) is 0 Å². The van der Waals surface area contributed by atoms with Crippen molar-refractivity contribution in [3.63, 3.8) is 0 Å². The lowest BCUT2D eigenvalue weighted by atomic mass is 9.83. The fourth-order valence-corrected chi connectivity index (χ4v) is 2.34. The van der Waals surface area contributed by atoms with Crippen LogP contribution in [0.1, 0.15) is 11.1 Å². The third-order valence-corrected chi connectivity index (χ3v) is 3.09. The van der Waals surface area contributed by atoms with Gasteiger partial charge in [0.2, 0.25) is 0 Å². The number of hydrogen-bond donors (Lipinski definition) is 1. The second kappa shape index (κ2) is 3.24. The van der Waals surface area contributed by atoms with Gasteiger partial charge in [0.05, 0.1) is 0 Å². The van der Waals surface area contributed by atoms with Crippen molar-refractivity contribution in [2.45, 2.75) is 6.42 Å². The smallest absolute Gasteiger partial charge is 0.115 e. The monoisotopic (exact) mass is 208 g/mol. The standard InChI is InChI=1S/C15H12O/c1-10-8-11-9-12(16)6-7-14(11)15-5-3-2-4-13(10)15/h2-7,9,16H,1,8H2. The third kappa shape index (κ3) is 1.25. The van der Waals surface area contributed by atoms with Crippen LogP contribution in [0.25, 0.3) is 16.7 Å². The lowest BCUT2D eigenvalue weighted by Crippen LogP contribution is -2.01. The maximum Gasteiger partial charge on any atom is 0.115 e. The van der Waals surface area contributed by atoms with Crippen LogP contribution >= 0.6 is 0 Å². The number of fused-ring (bicyclic) bond motifs is 3. The lowest BCUT2D eigenvalue weighted by molar-refractivity contribution is 0.475. The zero-order chi connectivity index (χ0) is 11.1. The Morgan fingerprint density at radius 3 is 2.50 bits per heavy atom. The maximum atomic E-state index is 9.49. The summed E-state index contributed by atoms with van der Waals surface area (Å²) in [7, 11) is 0.